The number of esters is 1. The normalized spacial score (nSPS) is 19.0. The van der Waals surface area contributed by atoms with Crippen molar-refractivity contribution in [2.24, 2.45) is 0 Å². The molecule has 0 unspecified atom stereocenters. The first kappa shape index (κ1) is 17.0. The predicted octanol–water partition coefficient (Wildman–Crippen LogP) is 4.00. The summed E-state index contributed by atoms with van der Waals surface area (Å²) in [6.45, 7) is 0. The van der Waals surface area contributed by atoms with Gasteiger partial charge in [0, 0.05) is 17.5 Å². The van der Waals surface area contributed by atoms with Gasteiger partial charge in [0.15, 0.2) is 0 Å². The van der Waals surface area contributed by atoms with Gasteiger partial charge in [-0.05, 0) is 17.7 Å². The third-order valence-corrected chi connectivity index (χ3v) is 4.70. The molecule has 1 aliphatic heterocycles. The summed E-state index contributed by atoms with van der Waals surface area (Å²) in [4.78, 5) is 27.5. The molecular weight excluding hydrogens is 338 g/mol. The van der Waals surface area contributed by atoms with Gasteiger partial charge in [-0.3, -0.25) is 9.69 Å². The second-order valence-electron chi connectivity index (χ2n) is 6.48. The predicted molar refractivity (Wildman–Crippen MR) is 102 cm³/mol. The van der Waals surface area contributed by atoms with Gasteiger partial charge >= 0.3 is 5.97 Å². The fourth-order valence-electron chi connectivity index (χ4n) is 3.37. The van der Waals surface area contributed by atoms with Gasteiger partial charge in [-0.15, -0.1) is 0 Å². The minimum atomic E-state index is -0.722. The van der Waals surface area contributed by atoms with Crippen molar-refractivity contribution in [3.63, 3.8) is 0 Å². The zero-order valence-electron chi connectivity index (χ0n) is 14.7. The molecule has 134 valence electrons. The Morgan fingerprint density at radius 2 is 1.37 bits per heavy atom. The fraction of sp³-hybridized carbons (Fsp3) is 0.130. The van der Waals surface area contributed by atoms with Gasteiger partial charge in [0.1, 0.15) is 6.04 Å². The zero-order chi connectivity index (χ0) is 18.6. The smallest absolute Gasteiger partial charge is 0.331 e. The van der Waals surface area contributed by atoms with Crippen LogP contribution in [0.25, 0.3) is 0 Å². The van der Waals surface area contributed by atoms with Crippen LogP contribution in [0.15, 0.2) is 91.0 Å². The number of hydrogen-bond donors (Lipinski definition) is 0. The molecule has 0 N–H and O–H groups in total. The standard InChI is InChI=1S/C23H19NO3/c25-21(18-12-6-2-7-13-18)24-20(16-17-10-4-1-5-11-17)23(26)27-22(24)19-14-8-3-9-15-19/h1-15,20,22H,16H2/t20-,22-/m1/s1. The SMILES string of the molecule is O=C1O[C@H](c2ccccc2)N(C(=O)c2ccccc2)[C@@H]1Cc1ccccc1. The fourth-order valence-corrected chi connectivity index (χ4v) is 3.37. The van der Waals surface area contributed by atoms with Crippen LogP contribution in [-0.4, -0.2) is 22.8 Å². The number of carbonyl (C=O) groups is 2. The minimum absolute atomic E-state index is 0.212. The lowest BCUT2D eigenvalue weighted by Gasteiger charge is -2.26. The number of benzene rings is 3. The topological polar surface area (TPSA) is 46.6 Å². The molecule has 1 aliphatic rings. The van der Waals surface area contributed by atoms with Gasteiger partial charge in [-0.1, -0.05) is 78.9 Å². The highest BCUT2D eigenvalue weighted by atomic mass is 16.6. The van der Waals surface area contributed by atoms with Crippen molar-refractivity contribution in [1.82, 2.24) is 4.90 Å². The zero-order valence-corrected chi connectivity index (χ0v) is 14.7. The van der Waals surface area contributed by atoms with Crippen LogP contribution < -0.4 is 0 Å². The van der Waals surface area contributed by atoms with Gasteiger partial charge in [0.05, 0.1) is 0 Å². The average Bonchev–Trinajstić information content (AvgIpc) is 3.06. The van der Waals surface area contributed by atoms with E-state index in [0.717, 1.165) is 11.1 Å². The van der Waals surface area contributed by atoms with Crippen LogP contribution in [0.1, 0.15) is 27.7 Å². The van der Waals surface area contributed by atoms with Crippen LogP contribution in [0.5, 0.6) is 0 Å². The Kier molecular flexibility index (Phi) is 4.71. The molecule has 0 saturated carbocycles. The summed E-state index contributed by atoms with van der Waals surface area (Å²) < 4.78 is 5.65. The van der Waals surface area contributed by atoms with Crippen molar-refractivity contribution >= 4 is 11.9 Å². The summed E-state index contributed by atoms with van der Waals surface area (Å²) in [5.74, 6) is -0.590. The van der Waals surface area contributed by atoms with E-state index in [1.165, 1.54) is 0 Å². The molecule has 0 radical (unpaired) electrons. The molecule has 0 bridgehead atoms. The van der Waals surface area contributed by atoms with Crippen LogP contribution in [0, 0.1) is 0 Å². The number of carbonyl (C=O) groups excluding carboxylic acids is 2. The van der Waals surface area contributed by atoms with Crippen LogP contribution in [0.3, 0.4) is 0 Å². The highest BCUT2D eigenvalue weighted by molar-refractivity contribution is 5.98. The third kappa shape index (κ3) is 3.47. The third-order valence-electron chi connectivity index (χ3n) is 4.70. The molecule has 4 rings (SSSR count). The number of ether oxygens (including phenoxy) is 1. The average molecular weight is 357 g/mol. The Balaban J connectivity index is 1.72. The number of cyclic esters (lactones) is 1. The molecule has 0 aromatic heterocycles. The lowest BCUT2D eigenvalue weighted by molar-refractivity contribution is -0.142. The van der Waals surface area contributed by atoms with Gasteiger partial charge < -0.3 is 4.74 Å². The largest absolute Gasteiger partial charge is 0.435 e. The number of nitrogens with zero attached hydrogens (tertiary/aromatic N) is 1. The van der Waals surface area contributed by atoms with Gasteiger partial charge in [0.2, 0.25) is 6.23 Å². The Hall–Kier alpha value is -3.40. The Morgan fingerprint density at radius 3 is 2.00 bits per heavy atom. The molecule has 27 heavy (non-hydrogen) atoms. The molecule has 0 aliphatic carbocycles. The molecule has 0 spiro atoms. The first-order valence-corrected chi connectivity index (χ1v) is 8.91. The summed E-state index contributed by atoms with van der Waals surface area (Å²) in [7, 11) is 0. The molecule has 3 aromatic rings. The van der Waals surface area contributed by atoms with E-state index in [1.807, 2.05) is 78.9 Å². The second kappa shape index (κ2) is 7.46. The van der Waals surface area contributed by atoms with Crippen molar-refractivity contribution in [2.75, 3.05) is 0 Å². The maximum absolute atomic E-state index is 13.3. The maximum Gasteiger partial charge on any atom is 0.331 e. The van der Waals surface area contributed by atoms with E-state index in [4.69, 9.17) is 4.74 Å². The highest BCUT2D eigenvalue weighted by Gasteiger charge is 2.45. The first-order chi connectivity index (χ1) is 13.2. The Bertz CT molecular complexity index is 926. The van der Waals surface area contributed by atoms with Crippen LogP contribution in [-0.2, 0) is 16.0 Å². The van der Waals surface area contributed by atoms with Crippen LogP contribution in [0.4, 0.5) is 0 Å². The Labute approximate surface area is 158 Å². The quantitative estimate of drug-likeness (QED) is 0.663. The Morgan fingerprint density at radius 1 is 0.815 bits per heavy atom. The number of amides is 1. The van der Waals surface area contributed by atoms with Crippen molar-refractivity contribution in [3.05, 3.63) is 108 Å². The molecule has 1 heterocycles. The van der Waals surface area contributed by atoms with Crippen molar-refractivity contribution in [2.45, 2.75) is 18.7 Å². The van der Waals surface area contributed by atoms with E-state index in [0.29, 0.717) is 12.0 Å². The van der Waals surface area contributed by atoms with E-state index >= 15 is 0 Å². The van der Waals surface area contributed by atoms with Gasteiger partial charge in [-0.2, -0.15) is 0 Å². The van der Waals surface area contributed by atoms with Crippen LogP contribution in [0.2, 0.25) is 0 Å². The number of hydrogen-bond acceptors (Lipinski definition) is 3. The molecule has 4 nitrogen and oxygen atoms in total. The number of rotatable bonds is 4. The molecule has 1 amide bonds. The molecule has 4 heteroatoms. The summed E-state index contributed by atoms with van der Waals surface area (Å²) in [5.41, 5.74) is 2.31. The lowest BCUT2D eigenvalue weighted by Crippen LogP contribution is -2.40. The van der Waals surface area contributed by atoms with Crippen molar-refractivity contribution in [3.8, 4) is 0 Å². The van der Waals surface area contributed by atoms with E-state index in [1.54, 1.807) is 17.0 Å². The summed E-state index contributed by atoms with van der Waals surface area (Å²) in [5, 5.41) is 0. The molecule has 1 fully saturated rings. The van der Waals surface area contributed by atoms with E-state index in [-0.39, 0.29) is 11.9 Å². The van der Waals surface area contributed by atoms with Crippen molar-refractivity contribution < 1.29 is 14.3 Å². The molecule has 1 saturated heterocycles. The minimum Gasteiger partial charge on any atom is -0.435 e. The van der Waals surface area contributed by atoms with E-state index < -0.39 is 12.3 Å². The monoisotopic (exact) mass is 357 g/mol. The van der Waals surface area contributed by atoms with E-state index in [9.17, 15) is 9.59 Å². The summed E-state index contributed by atoms with van der Waals surface area (Å²) in [6, 6.07) is 27.4. The van der Waals surface area contributed by atoms with Crippen LogP contribution >= 0.6 is 0 Å². The lowest BCUT2D eigenvalue weighted by atomic mass is 10.0. The summed E-state index contributed by atoms with van der Waals surface area (Å²) >= 11 is 0. The highest BCUT2D eigenvalue weighted by Crippen LogP contribution is 2.34. The van der Waals surface area contributed by atoms with Crippen molar-refractivity contribution in [1.29, 1.82) is 0 Å². The molecular formula is C23H19NO3. The summed E-state index contributed by atoms with van der Waals surface area (Å²) in [6.07, 6.45) is -0.304. The van der Waals surface area contributed by atoms with E-state index in [2.05, 4.69) is 0 Å². The maximum atomic E-state index is 13.3. The molecule has 2 atom stereocenters. The second-order valence-corrected chi connectivity index (χ2v) is 6.48. The van der Waals surface area contributed by atoms with Gasteiger partial charge in [-0.25, -0.2) is 4.79 Å². The molecule has 3 aromatic carbocycles. The van der Waals surface area contributed by atoms with Gasteiger partial charge in [0.25, 0.3) is 5.91 Å². The first-order valence-electron chi connectivity index (χ1n) is 8.91.